The molecule has 0 radical (unpaired) electrons. The van der Waals surface area contributed by atoms with Crippen LogP contribution in [0.25, 0.3) is 0 Å². The van der Waals surface area contributed by atoms with Gasteiger partial charge < -0.3 is 5.32 Å². The molecule has 0 aliphatic rings. The van der Waals surface area contributed by atoms with Crippen LogP contribution in [-0.4, -0.2) is 16.5 Å². The van der Waals surface area contributed by atoms with E-state index in [4.69, 9.17) is 0 Å². The summed E-state index contributed by atoms with van der Waals surface area (Å²) in [5, 5.41) is 3.53. The van der Waals surface area contributed by atoms with Crippen LogP contribution in [0.4, 0.5) is 0 Å². The Kier molecular flexibility index (Phi) is 5.05. The van der Waals surface area contributed by atoms with E-state index in [-0.39, 0.29) is 6.04 Å². The van der Waals surface area contributed by atoms with Gasteiger partial charge in [0.25, 0.3) is 0 Å². The molecular weight excluding hydrogens is 302 g/mol. The molecule has 1 atom stereocenters. The van der Waals surface area contributed by atoms with Gasteiger partial charge in [0.1, 0.15) is 0 Å². The van der Waals surface area contributed by atoms with Crippen LogP contribution in [-0.2, 0) is 0 Å². The molecule has 2 aromatic rings. The average Bonchev–Trinajstić information content (AvgIpc) is 2.44. The van der Waals surface area contributed by atoms with Crippen molar-refractivity contribution >= 4 is 15.9 Å². The molecule has 0 amide bonds. The summed E-state index contributed by atoms with van der Waals surface area (Å²) in [5.74, 6) is 0. The number of hydrogen-bond acceptors (Lipinski definition) is 3. The van der Waals surface area contributed by atoms with Crippen molar-refractivity contribution in [1.29, 1.82) is 0 Å². The van der Waals surface area contributed by atoms with Gasteiger partial charge in [-0.2, -0.15) is 0 Å². The highest BCUT2D eigenvalue weighted by molar-refractivity contribution is 9.10. The number of aromatic nitrogens is 2. The van der Waals surface area contributed by atoms with Crippen molar-refractivity contribution in [2.45, 2.75) is 26.3 Å². The van der Waals surface area contributed by atoms with E-state index >= 15 is 0 Å². The lowest BCUT2D eigenvalue weighted by molar-refractivity contribution is 0.584. The molecule has 0 aliphatic carbocycles. The fourth-order valence-corrected chi connectivity index (χ4v) is 2.33. The molecule has 1 N–H and O–H groups in total. The van der Waals surface area contributed by atoms with Crippen LogP contribution < -0.4 is 5.32 Å². The lowest BCUT2D eigenvalue weighted by Gasteiger charge is -2.19. The Hall–Kier alpha value is -1.26. The Balaban J connectivity index is 2.34. The third-order valence-corrected chi connectivity index (χ3v) is 3.86. The predicted molar refractivity (Wildman–Crippen MR) is 81.0 cm³/mol. The summed E-state index contributed by atoms with van der Waals surface area (Å²) in [5.41, 5.74) is 3.38. The number of nitrogens with one attached hydrogen (secondary N) is 1. The molecule has 0 fully saturated rings. The van der Waals surface area contributed by atoms with Gasteiger partial charge in [-0.25, -0.2) is 0 Å². The molecule has 1 heterocycles. The maximum absolute atomic E-state index is 4.42. The SMILES string of the molecule is CCCNC(c1ccc(C)c(Br)c1)c1cnccn1. The second-order valence-electron chi connectivity index (χ2n) is 4.53. The molecule has 0 aliphatic heterocycles. The predicted octanol–water partition coefficient (Wildman–Crippen LogP) is 3.64. The number of aryl methyl sites for hydroxylation is 1. The van der Waals surface area contributed by atoms with E-state index in [0.717, 1.165) is 23.1 Å². The van der Waals surface area contributed by atoms with Gasteiger partial charge in [-0.05, 0) is 37.1 Å². The van der Waals surface area contributed by atoms with Crippen molar-refractivity contribution in [2.75, 3.05) is 6.54 Å². The van der Waals surface area contributed by atoms with E-state index in [1.807, 2.05) is 6.20 Å². The van der Waals surface area contributed by atoms with E-state index in [2.05, 4.69) is 63.3 Å². The molecule has 3 nitrogen and oxygen atoms in total. The second-order valence-corrected chi connectivity index (χ2v) is 5.38. The molecule has 100 valence electrons. The summed E-state index contributed by atoms with van der Waals surface area (Å²) in [6.07, 6.45) is 6.34. The van der Waals surface area contributed by atoms with Gasteiger partial charge in [0.2, 0.25) is 0 Å². The van der Waals surface area contributed by atoms with Crippen molar-refractivity contribution in [1.82, 2.24) is 15.3 Å². The monoisotopic (exact) mass is 319 g/mol. The van der Waals surface area contributed by atoms with E-state index in [9.17, 15) is 0 Å². The molecule has 1 unspecified atom stereocenters. The minimum atomic E-state index is 0.0885. The van der Waals surface area contributed by atoms with Gasteiger partial charge in [-0.15, -0.1) is 0 Å². The van der Waals surface area contributed by atoms with E-state index < -0.39 is 0 Å². The minimum Gasteiger partial charge on any atom is -0.305 e. The summed E-state index contributed by atoms with van der Waals surface area (Å²) >= 11 is 3.59. The van der Waals surface area contributed by atoms with Crippen molar-refractivity contribution in [2.24, 2.45) is 0 Å². The summed E-state index contributed by atoms with van der Waals surface area (Å²) in [6, 6.07) is 6.50. The first-order chi connectivity index (χ1) is 9.22. The number of benzene rings is 1. The number of hydrogen-bond donors (Lipinski definition) is 1. The van der Waals surface area contributed by atoms with Gasteiger partial charge in [-0.1, -0.05) is 35.0 Å². The van der Waals surface area contributed by atoms with Crippen LogP contribution in [0.3, 0.4) is 0 Å². The zero-order valence-corrected chi connectivity index (χ0v) is 12.8. The zero-order valence-electron chi connectivity index (χ0n) is 11.2. The number of rotatable bonds is 5. The van der Waals surface area contributed by atoms with Gasteiger partial charge in [-0.3, -0.25) is 9.97 Å². The highest BCUT2D eigenvalue weighted by Crippen LogP contribution is 2.25. The molecule has 2 rings (SSSR count). The zero-order chi connectivity index (χ0) is 13.7. The molecule has 4 heteroatoms. The fraction of sp³-hybridized carbons (Fsp3) is 0.333. The summed E-state index contributed by atoms with van der Waals surface area (Å²) in [6.45, 7) is 5.20. The largest absolute Gasteiger partial charge is 0.305 e. The van der Waals surface area contributed by atoms with Gasteiger partial charge in [0.05, 0.1) is 17.9 Å². The third-order valence-electron chi connectivity index (χ3n) is 3.01. The second kappa shape index (κ2) is 6.78. The average molecular weight is 320 g/mol. The summed E-state index contributed by atoms with van der Waals surface area (Å²) in [4.78, 5) is 8.59. The summed E-state index contributed by atoms with van der Waals surface area (Å²) < 4.78 is 1.12. The topological polar surface area (TPSA) is 37.8 Å². The van der Waals surface area contributed by atoms with Crippen molar-refractivity contribution in [3.8, 4) is 0 Å². The molecule has 0 bridgehead atoms. The standard InChI is InChI=1S/C15H18BrN3/c1-3-6-19-15(14-10-17-7-8-18-14)12-5-4-11(2)13(16)9-12/h4-5,7-10,15,19H,3,6H2,1-2H3. The third kappa shape index (κ3) is 3.61. The first kappa shape index (κ1) is 14.2. The number of nitrogens with zero attached hydrogens (tertiary/aromatic N) is 2. The van der Waals surface area contributed by atoms with Crippen LogP contribution >= 0.6 is 15.9 Å². The quantitative estimate of drug-likeness (QED) is 0.914. The molecule has 1 aromatic carbocycles. The van der Waals surface area contributed by atoms with E-state index in [1.54, 1.807) is 12.4 Å². The highest BCUT2D eigenvalue weighted by Gasteiger charge is 2.15. The lowest BCUT2D eigenvalue weighted by atomic mass is 10.0. The molecule has 1 aromatic heterocycles. The van der Waals surface area contributed by atoms with E-state index in [0.29, 0.717) is 0 Å². The Morgan fingerprint density at radius 2 is 2.16 bits per heavy atom. The molecule has 19 heavy (non-hydrogen) atoms. The van der Waals surface area contributed by atoms with Gasteiger partial charge >= 0.3 is 0 Å². The minimum absolute atomic E-state index is 0.0885. The Bertz CT molecular complexity index is 528. The lowest BCUT2D eigenvalue weighted by Crippen LogP contribution is -2.24. The fourth-order valence-electron chi connectivity index (χ4n) is 1.93. The molecular formula is C15H18BrN3. The maximum Gasteiger partial charge on any atom is 0.0801 e. The van der Waals surface area contributed by atoms with Crippen molar-refractivity contribution in [3.63, 3.8) is 0 Å². The first-order valence-corrected chi connectivity index (χ1v) is 7.27. The van der Waals surface area contributed by atoms with Crippen LogP contribution in [0, 0.1) is 6.92 Å². The van der Waals surface area contributed by atoms with Crippen molar-refractivity contribution < 1.29 is 0 Å². The van der Waals surface area contributed by atoms with Crippen LogP contribution in [0.5, 0.6) is 0 Å². The van der Waals surface area contributed by atoms with Crippen LogP contribution in [0.15, 0.2) is 41.3 Å². The Morgan fingerprint density at radius 3 is 2.79 bits per heavy atom. The van der Waals surface area contributed by atoms with Crippen LogP contribution in [0.2, 0.25) is 0 Å². The maximum atomic E-state index is 4.42. The Labute approximate surface area is 122 Å². The normalized spacial score (nSPS) is 12.4. The van der Waals surface area contributed by atoms with E-state index in [1.165, 1.54) is 11.1 Å². The number of halogens is 1. The van der Waals surface area contributed by atoms with Gasteiger partial charge in [0.15, 0.2) is 0 Å². The smallest absolute Gasteiger partial charge is 0.0801 e. The highest BCUT2D eigenvalue weighted by atomic mass is 79.9. The molecule has 0 saturated heterocycles. The molecule has 0 spiro atoms. The van der Waals surface area contributed by atoms with Gasteiger partial charge in [0, 0.05) is 16.9 Å². The first-order valence-electron chi connectivity index (χ1n) is 6.47. The van der Waals surface area contributed by atoms with Crippen LogP contribution in [0.1, 0.15) is 36.2 Å². The Morgan fingerprint density at radius 1 is 1.32 bits per heavy atom. The molecule has 0 saturated carbocycles. The van der Waals surface area contributed by atoms with Crippen molar-refractivity contribution in [3.05, 3.63) is 58.1 Å². The summed E-state index contributed by atoms with van der Waals surface area (Å²) in [7, 11) is 0.